The fraction of sp³-hybridized carbons (Fsp3) is 1.00. The van der Waals surface area contributed by atoms with Crippen LogP contribution in [-0.4, -0.2) is 48.1 Å². The monoisotopic (exact) mass is 200 g/mol. The molecule has 76 valence electrons. The average Bonchev–Trinajstić information content (AvgIpc) is 2.54. The standard InChI is InChI=1S/C10H20N2S/c1-10(3-2-4-11-10)9-12-5-7-13-8-6-12/h11H,2-9H2,1H3. The summed E-state index contributed by atoms with van der Waals surface area (Å²) < 4.78 is 0. The molecule has 1 unspecified atom stereocenters. The predicted octanol–water partition coefficient (Wildman–Crippen LogP) is 1.18. The van der Waals surface area contributed by atoms with E-state index in [1.54, 1.807) is 0 Å². The largest absolute Gasteiger partial charge is 0.310 e. The number of nitrogens with zero attached hydrogens (tertiary/aromatic N) is 1. The van der Waals surface area contributed by atoms with Gasteiger partial charge in [-0.3, -0.25) is 4.90 Å². The third-order valence-electron chi connectivity index (χ3n) is 3.13. The zero-order valence-electron chi connectivity index (χ0n) is 8.51. The topological polar surface area (TPSA) is 15.3 Å². The van der Waals surface area contributed by atoms with Gasteiger partial charge in [-0.05, 0) is 26.3 Å². The van der Waals surface area contributed by atoms with Crippen LogP contribution in [0.5, 0.6) is 0 Å². The summed E-state index contributed by atoms with van der Waals surface area (Å²) >= 11 is 2.09. The molecule has 2 rings (SSSR count). The van der Waals surface area contributed by atoms with Gasteiger partial charge < -0.3 is 5.32 Å². The number of rotatable bonds is 2. The van der Waals surface area contributed by atoms with Crippen LogP contribution in [0.15, 0.2) is 0 Å². The van der Waals surface area contributed by atoms with Gasteiger partial charge in [-0.15, -0.1) is 0 Å². The van der Waals surface area contributed by atoms with E-state index in [0.717, 1.165) is 0 Å². The highest BCUT2D eigenvalue weighted by molar-refractivity contribution is 7.99. The molecule has 13 heavy (non-hydrogen) atoms. The molecule has 0 amide bonds. The lowest BCUT2D eigenvalue weighted by atomic mass is 10.00. The molecule has 0 aromatic carbocycles. The average molecular weight is 200 g/mol. The Kier molecular flexibility index (Phi) is 3.17. The van der Waals surface area contributed by atoms with Gasteiger partial charge in [-0.25, -0.2) is 0 Å². The first-order valence-corrected chi connectivity index (χ1v) is 6.49. The molecule has 1 atom stereocenters. The fourth-order valence-electron chi connectivity index (χ4n) is 2.34. The molecule has 2 fully saturated rings. The number of hydrogen-bond acceptors (Lipinski definition) is 3. The van der Waals surface area contributed by atoms with Gasteiger partial charge in [0.05, 0.1) is 0 Å². The predicted molar refractivity (Wildman–Crippen MR) is 59.4 cm³/mol. The molecule has 2 heterocycles. The highest BCUT2D eigenvalue weighted by Crippen LogP contribution is 2.21. The van der Waals surface area contributed by atoms with Gasteiger partial charge in [-0.2, -0.15) is 11.8 Å². The minimum atomic E-state index is 0.419. The Labute approximate surface area is 85.4 Å². The molecule has 1 N–H and O–H groups in total. The van der Waals surface area contributed by atoms with Crippen molar-refractivity contribution in [3.63, 3.8) is 0 Å². The zero-order chi connectivity index (χ0) is 9.15. The van der Waals surface area contributed by atoms with Crippen molar-refractivity contribution < 1.29 is 0 Å². The highest BCUT2D eigenvalue weighted by Gasteiger charge is 2.30. The molecule has 2 aliphatic rings. The first kappa shape index (κ1) is 9.81. The van der Waals surface area contributed by atoms with Gasteiger partial charge in [-0.1, -0.05) is 0 Å². The number of hydrogen-bond donors (Lipinski definition) is 1. The summed E-state index contributed by atoms with van der Waals surface area (Å²) in [5, 5.41) is 3.63. The Bertz CT molecular complexity index is 160. The van der Waals surface area contributed by atoms with Crippen LogP contribution in [0.2, 0.25) is 0 Å². The van der Waals surface area contributed by atoms with Gasteiger partial charge in [0.1, 0.15) is 0 Å². The Hall–Kier alpha value is 0.270. The molecule has 2 nitrogen and oxygen atoms in total. The van der Waals surface area contributed by atoms with E-state index in [0.29, 0.717) is 5.54 Å². The zero-order valence-corrected chi connectivity index (χ0v) is 9.33. The smallest absolute Gasteiger partial charge is 0.0280 e. The van der Waals surface area contributed by atoms with E-state index in [9.17, 15) is 0 Å². The van der Waals surface area contributed by atoms with Gasteiger partial charge in [0, 0.05) is 36.7 Å². The highest BCUT2D eigenvalue weighted by atomic mass is 32.2. The first-order chi connectivity index (χ1) is 6.29. The normalized spacial score (nSPS) is 36.7. The van der Waals surface area contributed by atoms with Crippen LogP contribution in [0.4, 0.5) is 0 Å². The molecular formula is C10H20N2S. The van der Waals surface area contributed by atoms with E-state index in [1.165, 1.54) is 50.5 Å². The van der Waals surface area contributed by atoms with Crippen molar-refractivity contribution in [3.05, 3.63) is 0 Å². The SMILES string of the molecule is CC1(CN2CCSCC2)CCCN1. The van der Waals surface area contributed by atoms with Crippen molar-refractivity contribution in [2.45, 2.75) is 25.3 Å². The Morgan fingerprint density at radius 3 is 2.77 bits per heavy atom. The maximum absolute atomic E-state index is 3.63. The summed E-state index contributed by atoms with van der Waals surface area (Å²) in [6, 6.07) is 0. The van der Waals surface area contributed by atoms with E-state index >= 15 is 0 Å². The lowest BCUT2D eigenvalue weighted by Crippen LogP contribution is -2.49. The molecule has 2 saturated heterocycles. The van der Waals surface area contributed by atoms with Crippen molar-refractivity contribution in [2.24, 2.45) is 0 Å². The van der Waals surface area contributed by atoms with Crippen LogP contribution in [0, 0.1) is 0 Å². The lowest BCUT2D eigenvalue weighted by Gasteiger charge is -2.34. The van der Waals surface area contributed by atoms with Crippen LogP contribution in [0.3, 0.4) is 0 Å². The fourth-order valence-corrected chi connectivity index (χ4v) is 3.32. The van der Waals surface area contributed by atoms with Crippen molar-refractivity contribution in [1.29, 1.82) is 0 Å². The van der Waals surface area contributed by atoms with Crippen LogP contribution < -0.4 is 5.32 Å². The molecule has 0 aliphatic carbocycles. The van der Waals surface area contributed by atoms with Crippen molar-refractivity contribution in [1.82, 2.24) is 10.2 Å². The first-order valence-electron chi connectivity index (χ1n) is 5.34. The summed E-state index contributed by atoms with van der Waals surface area (Å²) in [4.78, 5) is 2.62. The van der Waals surface area contributed by atoms with E-state index in [4.69, 9.17) is 0 Å². The third-order valence-corrected chi connectivity index (χ3v) is 4.08. The van der Waals surface area contributed by atoms with Gasteiger partial charge >= 0.3 is 0 Å². The summed E-state index contributed by atoms with van der Waals surface area (Å²) in [7, 11) is 0. The quantitative estimate of drug-likeness (QED) is 0.720. The molecule has 0 saturated carbocycles. The summed E-state index contributed by atoms with van der Waals surface area (Å²) in [6.45, 7) is 7.44. The second-order valence-corrected chi connectivity index (χ2v) is 5.70. The maximum atomic E-state index is 3.63. The second kappa shape index (κ2) is 4.20. The van der Waals surface area contributed by atoms with Gasteiger partial charge in [0.15, 0.2) is 0 Å². The Morgan fingerprint density at radius 1 is 1.38 bits per heavy atom. The molecule has 0 radical (unpaired) electrons. The molecule has 0 aromatic rings. The van der Waals surface area contributed by atoms with Gasteiger partial charge in [0.25, 0.3) is 0 Å². The summed E-state index contributed by atoms with van der Waals surface area (Å²) in [5.41, 5.74) is 0.419. The maximum Gasteiger partial charge on any atom is 0.0280 e. The van der Waals surface area contributed by atoms with E-state index < -0.39 is 0 Å². The van der Waals surface area contributed by atoms with E-state index in [2.05, 4.69) is 28.9 Å². The number of nitrogens with one attached hydrogen (secondary N) is 1. The molecule has 2 aliphatic heterocycles. The van der Waals surface area contributed by atoms with E-state index in [-0.39, 0.29) is 0 Å². The third kappa shape index (κ3) is 2.61. The second-order valence-electron chi connectivity index (χ2n) is 4.48. The number of thioether (sulfide) groups is 1. The van der Waals surface area contributed by atoms with Crippen LogP contribution in [0.25, 0.3) is 0 Å². The Balaban J connectivity index is 1.81. The molecule has 0 spiro atoms. The summed E-state index contributed by atoms with van der Waals surface area (Å²) in [5.74, 6) is 2.66. The Morgan fingerprint density at radius 2 is 2.15 bits per heavy atom. The van der Waals surface area contributed by atoms with Crippen molar-refractivity contribution in [2.75, 3.05) is 37.7 Å². The van der Waals surface area contributed by atoms with E-state index in [1.807, 2.05) is 0 Å². The lowest BCUT2D eigenvalue weighted by molar-refractivity contribution is 0.220. The summed E-state index contributed by atoms with van der Waals surface area (Å²) in [6.07, 6.45) is 2.72. The minimum absolute atomic E-state index is 0.419. The molecule has 0 aromatic heterocycles. The van der Waals surface area contributed by atoms with Crippen molar-refractivity contribution in [3.8, 4) is 0 Å². The molecular weight excluding hydrogens is 180 g/mol. The molecule has 0 bridgehead atoms. The van der Waals surface area contributed by atoms with Crippen LogP contribution >= 0.6 is 11.8 Å². The van der Waals surface area contributed by atoms with Crippen molar-refractivity contribution >= 4 is 11.8 Å². The molecule has 3 heteroatoms. The minimum Gasteiger partial charge on any atom is -0.310 e. The van der Waals surface area contributed by atoms with Crippen LogP contribution in [-0.2, 0) is 0 Å². The van der Waals surface area contributed by atoms with Gasteiger partial charge in [0.2, 0.25) is 0 Å². The van der Waals surface area contributed by atoms with Crippen LogP contribution in [0.1, 0.15) is 19.8 Å².